The van der Waals surface area contributed by atoms with Crippen molar-refractivity contribution < 1.29 is 19.0 Å². The summed E-state index contributed by atoms with van der Waals surface area (Å²) in [7, 11) is 0. The fourth-order valence-electron chi connectivity index (χ4n) is 1.95. The van der Waals surface area contributed by atoms with Crippen molar-refractivity contribution in [1.29, 1.82) is 0 Å². The van der Waals surface area contributed by atoms with E-state index in [1.165, 1.54) is 12.8 Å². The minimum atomic E-state index is -0.0980. The van der Waals surface area contributed by atoms with Gasteiger partial charge in [0.05, 0.1) is 0 Å². The summed E-state index contributed by atoms with van der Waals surface area (Å²) >= 11 is 0. The topological polar surface area (TPSA) is 56.8 Å². The van der Waals surface area contributed by atoms with Crippen molar-refractivity contribution in [3.63, 3.8) is 0 Å². The van der Waals surface area contributed by atoms with Gasteiger partial charge in [-0.05, 0) is 18.6 Å². The first-order valence-corrected chi connectivity index (χ1v) is 7.08. The number of ether oxygens (including phenoxy) is 3. The highest BCUT2D eigenvalue weighted by Gasteiger charge is 2.14. The Bertz CT molecular complexity index is 447. The summed E-state index contributed by atoms with van der Waals surface area (Å²) in [5.74, 6) is 1.87. The van der Waals surface area contributed by atoms with Crippen molar-refractivity contribution in [2.45, 2.75) is 32.6 Å². The second kappa shape index (κ2) is 7.62. The molecule has 5 nitrogen and oxygen atoms in total. The SMILES string of the molecule is CCCCCCNC(=O)COc1ccc2c(c1)OCO2. The van der Waals surface area contributed by atoms with Gasteiger partial charge in [-0.1, -0.05) is 26.2 Å². The molecule has 1 aliphatic heterocycles. The number of nitrogens with one attached hydrogen (secondary N) is 1. The maximum absolute atomic E-state index is 11.6. The van der Waals surface area contributed by atoms with E-state index in [0.717, 1.165) is 12.8 Å². The first kappa shape index (κ1) is 14.5. The van der Waals surface area contributed by atoms with Crippen LogP contribution in [0.1, 0.15) is 32.6 Å². The van der Waals surface area contributed by atoms with Gasteiger partial charge in [-0.25, -0.2) is 0 Å². The van der Waals surface area contributed by atoms with Gasteiger partial charge in [-0.3, -0.25) is 4.79 Å². The fraction of sp³-hybridized carbons (Fsp3) is 0.533. The van der Waals surface area contributed by atoms with Crippen LogP contribution in [0, 0.1) is 0 Å². The third kappa shape index (κ3) is 4.33. The summed E-state index contributed by atoms with van der Waals surface area (Å²) in [4.78, 5) is 11.6. The fourth-order valence-corrected chi connectivity index (χ4v) is 1.95. The number of unbranched alkanes of at least 4 members (excludes halogenated alkanes) is 3. The van der Waals surface area contributed by atoms with Crippen molar-refractivity contribution in [1.82, 2.24) is 5.32 Å². The third-order valence-electron chi connectivity index (χ3n) is 3.07. The van der Waals surface area contributed by atoms with E-state index in [0.29, 0.717) is 23.8 Å². The standard InChI is InChI=1S/C15H21NO4/c1-2-3-4-5-8-16-15(17)10-18-12-6-7-13-14(9-12)20-11-19-13/h6-7,9H,2-5,8,10-11H2,1H3,(H,16,17). The number of carbonyl (C=O) groups excluding carboxylic acids is 1. The Labute approximate surface area is 119 Å². The molecular formula is C15H21NO4. The molecule has 2 rings (SSSR count). The van der Waals surface area contributed by atoms with E-state index in [9.17, 15) is 4.79 Å². The molecule has 1 N–H and O–H groups in total. The lowest BCUT2D eigenvalue weighted by Gasteiger charge is -2.08. The molecule has 1 aliphatic rings. The van der Waals surface area contributed by atoms with Gasteiger partial charge in [0.2, 0.25) is 6.79 Å². The van der Waals surface area contributed by atoms with Gasteiger partial charge in [0.1, 0.15) is 5.75 Å². The Hall–Kier alpha value is -1.91. The van der Waals surface area contributed by atoms with E-state index >= 15 is 0 Å². The van der Waals surface area contributed by atoms with Crippen LogP contribution in [-0.2, 0) is 4.79 Å². The van der Waals surface area contributed by atoms with E-state index in [2.05, 4.69) is 12.2 Å². The number of hydrogen-bond acceptors (Lipinski definition) is 4. The van der Waals surface area contributed by atoms with E-state index < -0.39 is 0 Å². The first-order valence-electron chi connectivity index (χ1n) is 7.08. The second-order valence-corrected chi connectivity index (χ2v) is 4.71. The van der Waals surface area contributed by atoms with Crippen LogP contribution >= 0.6 is 0 Å². The van der Waals surface area contributed by atoms with E-state index in [-0.39, 0.29) is 19.3 Å². The molecule has 0 bridgehead atoms. The van der Waals surface area contributed by atoms with Crippen LogP contribution in [0.25, 0.3) is 0 Å². The molecule has 0 fully saturated rings. The van der Waals surface area contributed by atoms with Crippen LogP contribution in [0.4, 0.5) is 0 Å². The van der Waals surface area contributed by atoms with Crippen LogP contribution in [0.5, 0.6) is 17.2 Å². The van der Waals surface area contributed by atoms with Crippen LogP contribution in [-0.4, -0.2) is 25.9 Å². The number of carbonyl (C=O) groups is 1. The predicted molar refractivity (Wildman–Crippen MR) is 75.2 cm³/mol. The summed E-state index contributed by atoms with van der Waals surface area (Å²) in [6.45, 7) is 3.13. The number of hydrogen-bond donors (Lipinski definition) is 1. The van der Waals surface area contributed by atoms with Gasteiger partial charge in [0, 0.05) is 12.6 Å². The molecule has 0 saturated carbocycles. The highest BCUT2D eigenvalue weighted by atomic mass is 16.7. The van der Waals surface area contributed by atoms with Gasteiger partial charge in [-0.2, -0.15) is 0 Å². The Kier molecular flexibility index (Phi) is 5.53. The number of benzene rings is 1. The van der Waals surface area contributed by atoms with Crippen LogP contribution in [0.15, 0.2) is 18.2 Å². The summed E-state index contributed by atoms with van der Waals surface area (Å²) in [5, 5.41) is 2.84. The third-order valence-corrected chi connectivity index (χ3v) is 3.07. The Balaban J connectivity index is 1.66. The minimum Gasteiger partial charge on any atom is -0.484 e. The normalized spacial score (nSPS) is 12.2. The van der Waals surface area contributed by atoms with E-state index in [4.69, 9.17) is 14.2 Å². The predicted octanol–water partition coefficient (Wildman–Crippen LogP) is 2.49. The van der Waals surface area contributed by atoms with E-state index in [1.54, 1.807) is 18.2 Å². The van der Waals surface area contributed by atoms with Gasteiger partial charge in [-0.15, -0.1) is 0 Å². The van der Waals surface area contributed by atoms with Crippen molar-refractivity contribution in [3.05, 3.63) is 18.2 Å². The molecule has 110 valence electrons. The highest BCUT2D eigenvalue weighted by molar-refractivity contribution is 5.77. The zero-order valence-corrected chi connectivity index (χ0v) is 11.8. The van der Waals surface area contributed by atoms with Gasteiger partial charge < -0.3 is 19.5 Å². The molecule has 0 unspecified atom stereocenters. The Morgan fingerprint density at radius 1 is 1.25 bits per heavy atom. The maximum atomic E-state index is 11.6. The zero-order chi connectivity index (χ0) is 14.2. The Morgan fingerprint density at radius 3 is 2.95 bits per heavy atom. The van der Waals surface area contributed by atoms with Crippen molar-refractivity contribution in [2.24, 2.45) is 0 Å². The first-order chi connectivity index (χ1) is 9.79. The summed E-state index contributed by atoms with van der Waals surface area (Å²) in [6, 6.07) is 5.28. The second-order valence-electron chi connectivity index (χ2n) is 4.71. The Morgan fingerprint density at radius 2 is 2.10 bits per heavy atom. The molecule has 0 radical (unpaired) electrons. The van der Waals surface area contributed by atoms with Gasteiger partial charge in [0.25, 0.3) is 5.91 Å². The molecule has 0 saturated heterocycles. The van der Waals surface area contributed by atoms with Crippen molar-refractivity contribution in [2.75, 3.05) is 19.9 Å². The maximum Gasteiger partial charge on any atom is 0.257 e. The van der Waals surface area contributed by atoms with Crippen LogP contribution < -0.4 is 19.5 Å². The molecule has 20 heavy (non-hydrogen) atoms. The highest BCUT2D eigenvalue weighted by Crippen LogP contribution is 2.34. The molecular weight excluding hydrogens is 258 g/mol. The quantitative estimate of drug-likeness (QED) is 0.743. The van der Waals surface area contributed by atoms with Gasteiger partial charge >= 0.3 is 0 Å². The number of fused-ring (bicyclic) bond motifs is 1. The molecule has 5 heteroatoms. The summed E-state index contributed by atoms with van der Waals surface area (Å²) in [5.41, 5.74) is 0. The summed E-state index contributed by atoms with van der Waals surface area (Å²) in [6.07, 6.45) is 4.58. The van der Waals surface area contributed by atoms with Gasteiger partial charge in [0.15, 0.2) is 18.1 Å². The molecule has 1 aromatic carbocycles. The monoisotopic (exact) mass is 279 g/mol. The average Bonchev–Trinajstić information content (AvgIpc) is 2.92. The van der Waals surface area contributed by atoms with Crippen molar-refractivity contribution in [3.8, 4) is 17.2 Å². The molecule has 0 spiro atoms. The molecule has 1 aromatic rings. The molecule has 0 aromatic heterocycles. The molecule has 1 heterocycles. The summed E-state index contributed by atoms with van der Waals surface area (Å²) < 4.78 is 15.9. The average molecular weight is 279 g/mol. The smallest absolute Gasteiger partial charge is 0.257 e. The lowest BCUT2D eigenvalue weighted by molar-refractivity contribution is -0.123. The lowest BCUT2D eigenvalue weighted by atomic mass is 10.2. The minimum absolute atomic E-state index is 0.0213. The molecule has 1 amide bonds. The van der Waals surface area contributed by atoms with Crippen LogP contribution in [0.3, 0.4) is 0 Å². The molecule has 0 atom stereocenters. The van der Waals surface area contributed by atoms with Crippen molar-refractivity contribution >= 4 is 5.91 Å². The van der Waals surface area contributed by atoms with E-state index in [1.807, 2.05) is 0 Å². The number of rotatable bonds is 8. The number of amides is 1. The largest absolute Gasteiger partial charge is 0.484 e. The lowest BCUT2D eigenvalue weighted by Crippen LogP contribution is -2.29. The van der Waals surface area contributed by atoms with Crippen LogP contribution in [0.2, 0.25) is 0 Å². The molecule has 0 aliphatic carbocycles. The zero-order valence-electron chi connectivity index (χ0n) is 11.8.